The highest BCUT2D eigenvalue weighted by molar-refractivity contribution is 5.75. The average molecular weight is 686 g/mol. The largest absolute Gasteiger partial charge is 0.379 e. The van der Waals surface area contributed by atoms with Gasteiger partial charge < -0.3 is 25.7 Å². The topological polar surface area (TPSA) is 92.1 Å². The van der Waals surface area contributed by atoms with E-state index < -0.39 is 0 Å². The zero-order valence-corrected chi connectivity index (χ0v) is 33.0. The first-order valence-corrected chi connectivity index (χ1v) is 21.1. The number of hydrogen-bond donors (Lipinski definition) is 2. The van der Waals surface area contributed by atoms with Crippen LogP contribution in [-0.2, 0) is 14.2 Å². The zero-order valence-electron chi connectivity index (χ0n) is 33.0. The van der Waals surface area contributed by atoms with E-state index in [1.807, 2.05) is 0 Å². The van der Waals surface area contributed by atoms with Crippen LogP contribution in [0.25, 0.3) is 0 Å². The number of rotatable bonds is 23. The van der Waals surface area contributed by atoms with Crippen molar-refractivity contribution in [1.82, 2.24) is 0 Å². The van der Waals surface area contributed by atoms with E-state index in [2.05, 4.69) is 52.6 Å². The molecule has 49 heavy (non-hydrogen) atoms. The van der Waals surface area contributed by atoms with Crippen molar-refractivity contribution >= 4 is 5.96 Å². The molecular formula is C43H79N3O3. The number of guanidine groups is 1. The molecule has 6 nitrogen and oxygen atoms in total. The first kappa shape index (κ1) is 40.7. The highest BCUT2D eigenvalue weighted by Gasteiger charge is 2.59. The van der Waals surface area contributed by atoms with Crippen LogP contribution in [0.3, 0.4) is 0 Å². The van der Waals surface area contributed by atoms with Gasteiger partial charge in [0.15, 0.2) is 5.96 Å². The smallest absolute Gasteiger partial charge is 0.186 e. The van der Waals surface area contributed by atoms with Gasteiger partial charge in [-0.2, -0.15) is 0 Å². The first-order chi connectivity index (χ1) is 23.6. The van der Waals surface area contributed by atoms with Crippen LogP contribution >= 0.6 is 0 Å². The number of ether oxygens (including phenoxy) is 3. The highest BCUT2D eigenvalue weighted by Crippen LogP contribution is 2.67. The minimum absolute atomic E-state index is 0.105. The van der Waals surface area contributed by atoms with Crippen LogP contribution in [0.2, 0.25) is 0 Å². The van der Waals surface area contributed by atoms with Gasteiger partial charge in [-0.1, -0.05) is 105 Å². The van der Waals surface area contributed by atoms with Crippen LogP contribution < -0.4 is 11.5 Å². The Kier molecular flexibility index (Phi) is 16.8. The SMILES string of the molecule is CCCCCCCCOC[C@@H](CN=C(N)N)OCCCCOC1CC[C@@]2(C)C(=CC[C@H]3[C@@H]4CC[C@H]([C@H](C)CCCC(C)C)[C@@]4(C)CC[C@@H]32)C1. The molecule has 4 aliphatic carbocycles. The van der Waals surface area contributed by atoms with Crippen molar-refractivity contribution in [1.29, 1.82) is 0 Å². The van der Waals surface area contributed by atoms with Gasteiger partial charge in [0.25, 0.3) is 0 Å². The van der Waals surface area contributed by atoms with Crippen molar-refractivity contribution in [2.24, 2.45) is 62.8 Å². The van der Waals surface area contributed by atoms with Gasteiger partial charge in [-0.3, -0.25) is 4.99 Å². The summed E-state index contributed by atoms with van der Waals surface area (Å²) in [5.41, 5.74) is 13.9. The van der Waals surface area contributed by atoms with Gasteiger partial charge in [0, 0.05) is 19.8 Å². The molecule has 1 unspecified atom stereocenters. The lowest BCUT2D eigenvalue weighted by Gasteiger charge is -2.58. The van der Waals surface area contributed by atoms with Gasteiger partial charge >= 0.3 is 0 Å². The minimum atomic E-state index is -0.105. The lowest BCUT2D eigenvalue weighted by atomic mass is 9.47. The molecule has 0 saturated heterocycles. The van der Waals surface area contributed by atoms with Crippen LogP contribution in [0.15, 0.2) is 16.6 Å². The third kappa shape index (κ3) is 11.4. The Balaban J connectivity index is 1.16. The number of nitrogens with zero attached hydrogens (tertiary/aromatic N) is 1. The molecule has 6 heteroatoms. The fourth-order valence-electron chi connectivity index (χ4n) is 11.1. The second-order valence-electron chi connectivity index (χ2n) is 17.8. The molecule has 0 aromatic carbocycles. The Labute approximate surface area is 302 Å². The van der Waals surface area contributed by atoms with Crippen LogP contribution in [0.1, 0.15) is 164 Å². The lowest BCUT2D eigenvalue weighted by Crippen LogP contribution is -2.51. The quantitative estimate of drug-likeness (QED) is 0.0483. The van der Waals surface area contributed by atoms with Crippen molar-refractivity contribution in [3.8, 4) is 0 Å². The van der Waals surface area contributed by atoms with Gasteiger partial charge in [0.05, 0.1) is 19.3 Å². The maximum Gasteiger partial charge on any atom is 0.186 e. The van der Waals surface area contributed by atoms with Crippen LogP contribution in [-0.4, -0.2) is 51.1 Å². The van der Waals surface area contributed by atoms with E-state index >= 15 is 0 Å². The lowest BCUT2D eigenvalue weighted by molar-refractivity contribution is -0.0646. The van der Waals surface area contributed by atoms with Gasteiger partial charge in [0.2, 0.25) is 0 Å². The molecule has 284 valence electrons. The fourth-order valence-corrected chi connectivity index (χ4v) is 11.1. The minimum Gasteiger partial charge on any atom is -0.379 e. The van der Waals surface area contributed by atoms with Gasteiger partial charge in [-0.25, -0.2) is 0 Å². The molecule has 4 aliphatic rings. The number of fused-ring (bicyclic) bond motifs is 5. The van der Waals surface area contributed by atoms with Gasteiger partial charge in [-0.15, -0.1) is 0 Å². The standard InChI is InChI=1S/C43H79N3O3/c1-7-8-9-10-11-12-26-47-31-36(30-46-41(44)45)49-28-14-13-27-48-35-22-24-42(5)34(29-35)18-19-37-39-21-20-38(33(4)17-15-16-32(2)3)43(39,6)25-23-40(37)42/h18,32-33,35-40H,7-17,19-31H2,1-6H3,(H4,44,45,46)/t33-,35?,36-,37+,38-,39+,40+,42+,43-/m1/s1. The van der Waals surface area contributed by atoms with Gasteiger partial charge in [-0.05, 0) is 117 Å². The summed E-state index contributed by atoms with van der Waals surface area (Å²) in [6, 6.07) is 0. The Morgan fingerprint density at radius 1 is 0.857 bits per heavy atom. The maximum absolute atomic E-state index is 6.52. The van der Waals surface area contributed by atoms with E-state index in [1.165, 1.54) is 96.3 Å². The molecule has 0 aromatic rings. The van der Waals surface area contributed by atoms with E-state index in [4.69, 9.17) is 25.7 Å². The number of nitrogens with two attached hydrogens (primary N) is 2. The Hall–Kier alpha value is -1.11. The predicted octanol–water partition coefficient (Wildman–Crippen LogP) is 10.2. The Bertz CT molecular complexity index is 1010. The number of hydrogen-bond acceptors (Lipinski definition) is 4. The summed E-state index contributed by atoms with van der Waals surface area (Å²) < 4.78 is 18.6. The van der Waals surface area contributed by atoms with Crippen LogP contribution in [0.4, 0.5) is 0 Å². The maximum atomic E-state index is 6.52. The summed E-state index contributed by atoms with van der Waals surface area (Å²) >= 11 is 0. The van der Waals surface area contributed by atoms with E-state index in [1.54, 1.807) is 5.57 Å². The normalized spacial score (nSPS) is 32.2. The van der Waals surface area contributed by atoms with E-state index in [0.717, 1.165) is 74.4 Å². The van der Waals surface area contributed by atoms with Crippen LogP contribution in [0.5, 0.6) is 0 Å². The van der Waals surface area contributed by atoms with E-state index in [-0.39, 0.29) is 12.1 Å². The molecule has 0 aromatic heterocycles. The Morgan fingerprint density at radius 2 is 1.61 bits per heavy atom. The average Bonchev–Trinajstić information content (AvgIpc) is 3.43. The summed E-state index contributed by atoms with van der Waals surface area (Å²) in [7, 11) is 0. The van der Waals surface area contributed by atoms with Crippen molar-refractivity contribution in [2.75, 3.05) is 33.0 Å². The molecule has 0 amide bonds. The third-order valence-electron chi connectivity index (χ3n) is 13.9. The number of aliphatic imine (C=N–C) groups is 1. The van der Waals surface area contributed by atoms with Gasteiger partial charge in [0.1, 0.15) is 6.10 Å². The molecule has 0 radical (unpaired) electrons. The molecule has 9 atom stereocenters. The zero-order chi connectivity index (χ0) is 35.3. The second kappa shape index (κ2) is 20.2. The van der Waals surface area contributed by atoms with E-state index in [0.29, 0.717) is 36.7 Å². The Morgan fingerprint density at radius 3 is 2.39 bits per heavy atom. The summed E-state index contributed by atoms with van der Waals surface area (Å²) in [4.78, 5) is 4.19. The molecular weight excluding hydrogens is 606 g/mol. The molecule has 4 rings (SSSR count). The molecule has 0 spiro atoms. The molecule has 3 fully saturated rings. The summed E-state index contributed by atoms with van der Waals surface area (Å²) in [6.07, 6.45) is 27.6. The predicted molar refractivity (Wildman–Crippen MR) is 207 cm³/mol. The highest BCUT2D eigenvalue weighted by atomic mass is 16.5. The number of unbranched alkanes of at least 4 members (excludes halogenated alkanes) is 6. The molecule has 0 heterocycles. The van der Waals surface area contributed by atoms with Crippen molar-refractivity contribution in [2.45, 2.75) is 176 Å². The monoisotopic (exact) mass is 686 g/mol. The van der Waals surface area contributed by atoms with Crippen molar-refractivity contribution < 1.29 is 14.2 Å². The second-order valence-corrected chi connectivity index (χ2v) is 17.8. The molecule has 0 aliphatic heterocycles. The fraction of sp³-hybridized carbons (Fsp3) is 0.930. The van der Waals surface area contributed by atoms with Crippen molar-refractivity contribution in [3.63, 3.8) is 0 Å². The molecule has 0 bridgehead atoms. The summed E-state index contributed by atoms with van der Waals surface area (Å²) in [5, 5.41) is 0. The molecule has 3 saturated carbocycles. The summed E-state index contributed by atoms with van der Waals surface area (Å²) in [6.45, 7) is 18.2. The summed E-state index contributed by atoms with van der Waals surface area (Å²) in [5.74, 6) is 5.47. The third-order valence-corrected chi connectivity index (χ3v) is 13.9. The van der Waals surface area contributed by atoms with Crippen molar-refractivity contribution in [3.05, 3.63) is 11.6 Å². The number of allylic oxidation sites excluding steroid dienone is 1. The van der Waals surface area contributed by atoms with E-state index in [9.17, 15) is 0 Å². The molecule has 4 N–H and O–H groups in total. The first-order valence-electron chi connectivity index (χ1n) is 21.1. The van der Waals surface area contributed by atoms with Crippen LogP contribution in [0, 0.1) is 46.3 Å².